The number of aryl methyl sites for hydroxylation is 1. The van der Waals surface area contributed by atoms with Crippen LogP contribution >= 0.6 is 0 Å². The Morgan fingerprint density at radius 3 is 2.57 bits per heavy atom. The fourth-order valence-corrected chi connectivity index (χ4v) is 1.53. The van der Waals surface area contributed by atoms with Gasteiger partial charge in [-0.1, -0.05) is 5.16 Å². The molecule has 1 unspecified atom stereocenters. The minimum atomic E-state index is -0.997. The zero-order chi connectivity index (χ0) is 15.4. The first kappa shape index (κ1) is 14.6. The number of rotatable bonds is 4. The number of carbonyl (C=O) groups excluding carboxylic acids is 2. The summed E-state index contributed by atoms with van der Waals surface area (Å²) in [5.74, 6) is -0.327. The third kappa shape index (κ3) is 3.82. The Balaban J connectivity index is 1.93. The van der Waals surface area contributed by atoms with Crippen LogP contribution in [0.5, 0.6) is 5.75 Å². The number of amides is 1. The Bertz CT molecular complexity index is 648. The molecule has 1 aromatic carbocycles. The molecular weight excluding hydrogens is 276 g/mol. The van der Waals surface area contributed by atoms with Crippen LogP contribution in [0.25, 0.3) is 0 Å². The van der Waals surface area contributed by atoms with Crippen LogP contribution in [0.15, 0.2) is 34.9 Å². The molecule has 0 radical (unpaired) electrons. The average molecular weight is 290 g/mol. The predicted octanol–water partition coefficient (Wildman–Crippen LogP) is 1.87. The molecule has 21 heavy (non-hydrogen) atoms. The molecule has 1 amide bonds. The number of hydrogen-bond donors (Lipinski definition) is 2. The van der Waals surface area contributed by atoms with Crippen molar-refractivity contribution in [3.8, 4) is 5.75 Å². The van der Waals surface area contributed by atoms with Crippen LogP contribution in [0.4, 0.5) is 5.82 Å². The standard InChI is InChI=1S/C14H14N2O5/c1-8-7-12(16-21-8)15-13(18)9(2)20-14(19)10-3-5-11(17)6-4-10/h3-7,9,17H,1-2H3,(H,15,16,18). The molecule has 7 heteroatoms. The second kappa shape index (κ2) is 6.08. The van der Waals surface area contributed by atoms with Gasteiger partial charge in [0.15, 0.2) is 11.9 Å². The van der Waals surface area contributed by atoms with Gasteiger partial charge in [-0.15, -0.1) is 0 Å². The van der Waals surface area contributed by atoms with Crippen LogP contribution in [-0.4, -0.2) is 28.2 Å². The molecule has 0 saturated heterocycles. The first-order valence-corrected chi connectivity index (χ1v) is 6.20. The van der Waals surface area contributed by atoms with E-state index in [1.807, 2.05) is 0 Å². The summed E-state index contributed by atoms with van der Waals surface area (Å²) >= 11 is 0. The number of carbonyl (C=O) groups is 2. The zero-order valence-corrected chi connectivity index (χ0v) is 11.5. The van der Waals surface area contributed by atoms with Gasteiger partial charge in [0.1, 0.15) is 11.5 Å². The van der Waals surface area contributed by atoms with E-state index in [9.17, 15) is 9.59 Å². The van der Waals surface area contributed by atoms with Crippen LogP contribution in [-0.2, 0) is 9.53 Å². The summed E-state index contributed by atoms with van der Waals surface area (Å²) in [6, 6.07) is 7.08. The number of nitrogens with zero attached hydrogens (tertiary/aromatic N) is 1. The van der Waals surface area contributed by atoms with Gasteiger partial charge in [-0.25, -0.2) is 4.79 Å². The van der Waals surface area contributed by atoms with Crippen LogP contribution < -0.4 is 5.32 Å². The average Bonchev–Trinajstić information content (AvgIpc) is 2.84. The molecule has 0 fully saturated rings. The number of aromatic hydroxyl groups is 1. The van der Waals surface area contributed by atoms with Crippen LogP contribution in [0, 0.1) is 6.92 Å². The van der Waals surface area contributed by atoms with Gasteiger partial charge in [-0.2, -0.15) is 0 Å². The van der Waals surface area contributed by atoms with Crippen LogP contribution in [0.2, 0.25) is 0 Å². The number of esters is 1. The maximum atomic E-state index is 11.8. The fraction of sp³-hybridized carbons (Fsp3) is 0.214. The number of phenols is 1. The number of anilines is 1. The SMILES string of the molecule is Cc1cc(NC(=O)C(C)OC(=O)c2ccc(O)cc2)no1. The van der Waals surface area contributed by atoms with Crippen molar-refractivity contribution in [2.24, 2.45) is 0 Å². The summed E-state index contributed by atoms with van der Waals surface area (Å²) in [7, 11) is 0. The second-order valence-electron chi connectivity index (χ2n) is 4.41. The zero-order valence-electron chi connectivity index (χ0n) is 11.5. The Morgan fingerprint density at radius 2 is 2.00 bits per heavy atom. The number of aromatic nitrogens is 1. The Labute approximate surface area is 120 Å². The van der Waals surface area contributed by atoms with Crippen LogP contribution in [0.1, 0.15) is 23.0 Å². The van der Waals surface area contributed by atoms with Crippen molar-refractivity contribution in [3.05, 3.63) is 41.7 Å². The lowest BCUT2D eigenvalue weighted by Crippen LogP contribution is -2.30. The van der Waals surface area contributed by atoms with E-state index in [-0.39, 0.29) is 17.1 Å². The van der Waals surface area contributed by atoms with Gasteiger partial charge in [0.2, 0.25) is 0 Å². The maximum absolute atomic E-state index is 11.8. The van der Waals surface area contributed by atoms with Crippen molar-refractivity contribution < 1.29 is 24.0 Å². The molecule has 110 valence electrons. The largest absolute Gasteiger partial charge is 0.508 e. The fourth-order valence-electron chi connectivity index (χ4n) is 1.53. The number of phenolic OH excluding ortho intramolecular Hbond substituents is 1. The van der Waals surface area contributed by atoms with Crippen LogP contribution in [0.3, 0.4) is 0 Å². The van der Waals surface area contributed by atoms with E-state index in [0.29, 0.717) is 5.76 Å². The van der Waals surface area contributed by atoms with Gasteiger partial charge in [0, 0.05) is 6.07 Å². The molecule has 1 heterocycles. The van der Waals surface area contributed by atoms with E-state index in [1.54, 1.807) is 13.0 Å². The molecule has 0 aliphatic heterocycles. The molecule has 0 aliphatic carbocycles. The quantitative estimate of drug-likeness (QED) is 0.833. The highest BCUT2D eigenvalue weighted by Gasteiger charge is 2.20. The highest BCUT2D eigenvalue weighted by molar-refractivity contribution is 5.96. The monoisotopic (exact) mass is 290 g/mol. The molecule has 2 aromatic rings. The predicted molar refractivity (Wildman–Crippen MR) is 72.9 cm³/mol. The van der Waals surface area contributed by atoms with E-state index in [2.05, 4.69) is 10.5 Å². The Kier molecular flexibility index (Phi) is 4.22. The van der Waals surface area contributed by atoms with Gasteiger partial charge < -0.3 is 19.7 Å². The first-order chi connectivity index (χ1) is 9.95. The Hall–Kier alpha value is -2.83. The molecule has 7 nitrogen and oxygen atoms in total. The minimum absolute atomic E-state index is 0.0405. The molecule has 0 saturated carbocycles. The van der Waals surface area contributed by atoms with Crippen molar-refractivity contribution >= 4 is 17.7 Å². The number of hydrogen-bond acceptors (Lipinski definition) is 6. The first-order valence-electron chi connectivity index (χ1n) is 6.20. The Morgan fingerprint density at radius 1 is 1.33 bits per heavy atom. The van der Waals surface area contributed by atoms with Gasteiger partial charge in [-0.05, 0) is 38.1 Å². The topological polar surface area (TPSA) is 102 Å². The normalized spacial score (nSPS) is 11.7. The number of ether oxygens (including phenoxy) is 1. The van der Waals surface area contributed by atoms with E-state index in [4.69, 9.17) is 14.4 Å². The summed E-state index contributed by atoms with van der Waals surface area (Å²) in [5, 5.41) is 15.2. The van der Waals surface area contributed by atoms with Crippen molar-refractivity contribution in [2.75, 3.05) is 5.32 Å². The number of benzene rings is 1. The molecule has 0 spiro atoms. The summed E-state index contributed by atoms with van der Waals surface area (Å²) in [5.41, 5.74) is 0.240. The minimum Gasteiger partial charge on any atom is -0.508 e. The van der Waals surface area contributed by atoms with E-state index in [0.717, 1.165) is 0 Å². The van der Waals surface area contributed by atoms with E-state index >= 15 is 0 Å². The van der Waals surface area contributed by atoms with Gasteiger partial charge in [0.25, 0.3) is 5.91 Å². The molecule has 1 aromatic heterocycles. The molecule has 2 rings (SSSR count). The third-order valence-electron chi connectivity index (χ3n) is 2.64. The summed E-state index contributed by atoms with van der Waals surface area (Å²) in [4.78, 5) is 23.6. The van der Waals surface area contributed by atoms with Crippen molar-refractivity contribution in [2.45, 2.75) is 20.0 Å². The van der Waals surface area contributed by atoms with Crippen molar-refractivity contribution in [3.63, 3.8) is 0 Å². The molecule has 0 bridgehead atoms. The highest BCUT2D eigenvalue weighted by Crippen LogP contribution is 2.12. The highest BCUT2D eigenvalue weighted by atomic mass is 16.5. The van der Waals surface area contributed by atoms with E-state index < -0.39 is 18.0 Å². The number of nitrogens with one attached hydrogen (secondary N) is 1. The summed E-state index contributed by atoms with van der Waals surface area (Å²) in [6.07, 6.45) is -0.997. The third-order valence-corrected chi connectivity index (χ3v) is 2.64. The molecule has 1 atom stereocenters. The molecular formula is C14H14N2O5. The molecule has 2 N–H and O–H groups in total. The second-order valence-corrected chi connectivity index (χ2v) is 4.41. The molecule has 0 aliphatic rings. The summed E-state index contributed by atoms with van der Waals surface area (Å²) in [6.45, 7) is 3.14. The van der Waals surface area contributed by atoms with Gasteiger partial charge in [0.05, 0.1) is 5.56 Å². The van der Waals surface area contributed by atoms with Crippen molar-refractivity contribution in [1.82, 2.24) is 5.16 Å². The lowest BCUT2D eigenvalue weighted by atomic mass is 10.2. The van der Waals surface area contributed by atoms with Crippen molar-refractivity contribution in [1.29, 1.82) is 0 Å². The van der Waals surface area contributed by atoms with Gasteiger partial charge >= 0.3 is 5.97 Å². The summed E-state index contributed by atoms with van der Waals surface area (Å²) < 4.78 is 9.84. The van der Waals surface area contributed by atoms with E-state index in [1.165, 1.54) is 31.2 Å². The lowest BCUT2D eigenvalue weighted by Gasteiger charge is -2.12. The lowest BCUT2D eigenvalue weighted by molar-refractivity contribution is -0.123. The smallest absolute Gasteiger partial charge is 0.338 e. The maximum Gasteiger partial charge on any atom is 0.338 e. The van der Waals surface area contributed by atoms with Gasteiger partial charge in [-0.3, -0.25) is 4.79 Å².